The first-order chi connectivity index (χ1) is 10.6. The Balaban J connectivity index is 1.69. The molecule has 2 aromatic carbocycles. The molecule has 0 fully saturated rings. The Labute approximate surface area is 128 Å². The lowest BCUT2D eigenvalue weighted by Gasteiger charge is -2.13. The third-order valence-corrected chi connectivity index (χ3v) is 3.67. The molecule has 0 aliphatic heterocycles. The lowest BCUT2D eigenvalue weighted by Crippen LogP contribution is -2.29. The van der Waals surface area contributed by atoms with Crippen LogP contribution in [0.2, 0.25) is 0 Å². The van der Waals surface area contributed by atoms with E-state index < -0.39 is 6.10 Å². The number of carbonyl (C=O) groups excluding carboxylic acids is 1. The van der Waals surface area contributed by atoms with Gasteiger partial charge in [0.2, 0.25) is 0 Å². The number of nitrogens with one attached hydrogen (secondary N) is 1. The minimum atomic E-state index is -0.748. The molecule has 0 aliphatic rings. The van der Waals surface area contributed by atoms with Gasteiger partial charge in [-0.05, 0) is 28.5 Å². The van der Waals surface area contributed by atoms with Crippen molar-refractivity contribution in [1.82, 2.24) is 15.1 Å². The zero-order valence-corrected chi connectivity index (χ0v) is 12.2. The van der Waals surface area contributed by atoms with E-state index in [-0.39, 0.29) is 12.5 Å². The Kier molecular flexibility index (Phi) is 3.89. The van der Waals surface area contributed by atoms with Crippen molar-refractivity contribution in [3.05, 3.63) is 66.0 Å². The summed E-state index contributed by atoms with van der Waals surface area (Å²) < 4.78 is 1.50. The van der Waals surface area contributed by atoms with Gasteiger partial charge in [-0.15, -0.1) is 0 Å². The molecule has 112 valence electrons. The van der Waals surface area contributed by atoms with E-state index in [1.54, 1.807) is 19.3 Å². The molecular weight excluding hydrogens is 278 g/mol. The van der Waals surface area contributed by atoms with Crippen molar-refractivity contribution < 1.29 is 9.90 Å². The average Bonchev–Trinajstić information content (AvgIpc) is 2.98. The summed E-state index contributed by atoms with van der Waals surface area (Å²) in [6.07, 6.45) is 0.816. The first-order valence-electron chi connectivity index (χ1n) is 7.08. The van der Waals surface area contributed by atoms with Crippen LogP contribution in [-0.2, 0) is 7.05 Å². The highest BCUT2D eigenvalue weighted by Crippen LogP contribution is 2.20. The first kappa shape index (κ1) is 14.3. The second kappa shape index (κ2) is 5.99. The predicted octanol–water partition coefficient (Wildman–Crippen LogP) is 2.04. The molecule has 0 saturated carbocycles. The van der Waals surface area contributed by atoms with Gasteiger partial charge in [0.05, 0.1) is 6.10 Å². The Morgan fingerprint density at radius 1 is 1.23 bits per heavy atom. The van der Waals surface area contributed by atoms with Crippen LogP contribution in [0.1, 0.15) is 22.2 Å². The summed E-state index contributed by atoms with van der Waals surface area (Å²) in [5, 5.41) is 19.1. The smallest absolute Gasteiger partial charge is 0.269 e. The number of rotatable bonds is 4. The minimum absolute atomic E-state index is 0.155. The molecular formula is C17H17N3O2. The first-order valence-corrected chi connectivity index (χ1v) is 7.08. The van der Waals surface area contributed by atoms with Crippen LogP contribution in [0.5, 0.6) is 0 Å². The van der Waals surface area contributed by atoms with E-state index in [0.717, 1.165) is 16.3 Å². The van der Waals surface area contributed by atoms with Crippen LogP contribution >= 0.6 is 0 Å². The fourth-order valence-electron chi connectivity index (χ4n) is 2.41. The van der Waals surface area contributed by atoms with Crippen LogP contribution in [0.25, 0.3) is 10.8 Å². The zero-order valence-electron chi connectivity index (χ0n) is 12.2. The maximum absolute atomic E-state index is 12.0. The SMILES string of the molecule is Cn1nccc1C(=O)NCC(O)c1ccc2ccccc2c1. The van der Waals surface area contributed by atoms with Gasteiger partial charge in [-0.2, -0.15) is 5.10 Å². The summed E-state index contributed by atoms with van der Waals surface area (Å²) in [6.45, 7) is 0.155. The van der Waals surface area contributed by atoms with Gasteiger partial charge in [-0.3, -0.25) is 9.48 Å². The number of aryl methyl sites for hydroxylation is 1. The Morgan fingerprint density at radius 3 is 2.73 bits per heavy atom. The van der Waals surface area contributed by atoms with Gasteiger partial charge in [0, 0.05) is 19.8 Å². The van der Waals surface area contributed by atoms with Crippen LogP contribution in [0.3, 0.4) is 0 Å². The summed E-state index contributed by atoms with van der Waals surface area (Å²) in [5.41, 5.74) is 1.25. The number of benzene rings is 2. The van der Waals surface area contributed by atoms with Crippen molar-refractivity contribution in [3.63, 3.8) is 0 Å². The van der Waals surface area contributed by atoms with Crippen molar-refractivity contribution in [3.8, 4) is 0 Å². The third-order valence-electron chi connectivity index (χ3n) is 3.67. The predicted molar refractivity (Wildman–Crippen MR) is 84.4 cm³/mol. The maximum Gasteiger partial charge on any atom is 0.269 e. The molecule has 3 aromatic rings. The minimum Gasteiger partial charge on any atom is -0.387 e. The normalized spacial score (nSPS) is 12.3. The molecule has 5 heteroatoms. The summed E-state index contributed by atoms with van der Waals surface area (Å²) in [6, 6.07) is 15.4. The van der Waals surface area contributed by atoms with E-state index >= 15 is 0 Å². The molecule has 2 N–H and O–H groups in total. The Bertz CT molecular complexity index is 810. The van der Waals surface area contributed by atoms with Crippen molar-refractivity contribution in [2.75, 3.05) is 6.54 Å². The topological polar surface area (TPSA) is 67.2 Å². The van der Waals surface area contributed by atoms with E-state index in [2.05, 4.69) is 10.4 Å². The van der Waals surface area contributed by atoms with Crippen molar-refractivity contribution in [2.24, 2.45) is 7.05 Å². The number of aliphatic hydroxyl groups is 1. The molecule has 0 bridgehead atoms. The highest BCUT2D eigenvalue weighted by Gasteiger charge is 2.13. The molecule has 1 amide bonds. The largest absolute Gasteiger partial charge is 0.387 e. The summed E-state index contributed by atoms with van der Waals surface area (Å²) >= 11 is 0. The van der Waals surface area contributed by atoms with Crippen molar-refractivity contribution in [2.45, 2.75) is 6.10 Å². The molecule has 0 aliphatic carbocycles. The van der Waals surface area contributed by atoms with E-state index in [9.17, 15) is 9.90 Å². The highest BCUT2D eigenvalue weighted by atomic mass is 16.3. The molecule has 0 radical (unpaired) electrons. The number of hydrogen-bond acceptors (Lipinski definition) is 3. The van der Waals surface area contributed by atoms with Gasteiger partial charge in [-0.1, -0.05) is 36.4 Å². The van der Waals surface area contributed by atoms with Gasteiger partial charge in [0.15, 0.2) is 0 Å². The summed E-state index contributed by atoms with van der Waals surface area (Å²) in [4.78, 5) is 12.0. The van der Waals surface area contributed by atoms with E-state index in [4.69, 9.17) is 0 Å². The Morgan fingerprint density at radius 2 is 2.00 bits per heavy atom. The second-order valence-electron chi connectivity index (χ2n) is 5.17. The van der Waals surface area contributed by atoms with Crippen LogP contribution in [0, 0.1) is 0 Å². The second-order valence-corrected chi connectivity index (χ2v) is 5.17. The monoisotopic (exact) mass is 295 g/mol. The van der Waals surface area contributed by atoms with Crippen LogP contribution in [0.15, 0.2) is 54.7 Å². The van der Waals surface area contributed by atoms with Crippen LogP contribution in [-0.4, -0.2) is 27.3 Å². The number of carbonyl (C=O) groups is 1. The summed E-state index contributed by atoms with van der Waals surface area (Å²) in [5.74, 6) is -0.250. The Hall–Kier alpha value is -2.66. The van der Waals surface area contributed by atoms with Gasteiger partial charge in [0.25, 0.3) is 5.91 Å². The van der Waals surface area contributed by atoms with Crippen molar-refractivity contribution in [1.29, 1.82) is 0 Å². The molecule has 1 aromatic heterocycles. The standard InChI is InChI=1S/C17H17N3O2/c1-20-15(8-9-19-20)17(22)18-11-16(21)14-7-6-12-4-2-3-5-13(12)10-14/h2-10,16,21H,11H2,1H3,(H,18,22). The fraction of sp³-hybridized carbons (Fsp3) is 0.176. The van der Waals surface area contributed by atoms with Crippen LogP contribution in [0.4, 0.5) is 0 Å². The molecule has 0 spiro atoms. The molecule has 3 rings (SSSR count). The van der Waals surface area contributed by atoms with Gasteiger partial charge in [0.1, 0.15) is 5.69 Å². The third kappa shape index (κ3) is 2.84. The number of hydrogen-bond donors (Lipinski definition) is 2. The number of nitrogens with zero attached hydrogens (tertiary/aromatic N) is 2. The van der Waals surface area contributed by atoms with E-state index in [0.29, 0.717) is 5.69 Å². The fourth-order valence-corrected chi connectivity index (χ4v) is 2.41. The number of fused-ring (bicyclic) bond motifs is 1. The molecule has 1 unspecified atom stereocenters. The van der Waals surface area contributed by atoms with Gasteiger partial charge >= 0.3 is 0 Å². The van der Waals surface area contributed by atoms with Crippen molar-refractivity contribution >= 4 is 16.7 Å². The van der Waals surface area contributed by atoms with Gasteiger partial charge in [-0.25, -0.2) is 0 Å². The molecule has 1 atom stereocenters. The quantitative estimate of drug-likeness (QED) is 0.774. The van der Waals surface area contributed by atoms with E-state index in [1.165, 1.54) is 4.68 Å². The highest BCUT2D eigenvalue weighted by molar-refractivity contribution is 5.92. The average molecular weight is 295 g/mol. The van der Waals surface area contributed by atoms with Crippen LogP contribution < -0.4 is 5.32 Å². The molecule has 1 heterocycles. The van der Waals surface area contributed by atoms with E-state index in [1.807, 2.05) is 42.5 Å². The molecule has 22 heavy (non-hydrogen) atoms. The number of amides is 1. The summed E-state index contributed by atoms with van der Waals surface area (Å²) in [7, 11) is 1.70. The lowest BCUT2D eigenvalue weighted by atomic mass is 10.0. The number of aliphatic hydroxyl groups excluding tert-OH is 1. The number of aromatic nitrogens is 2. The molecule has 0 saturated heterocycles. The lowest BCUT2D eigenvalue weighted by molar-refractivity contribution is 0.0907. The maximum atomic E-state index is 12.0. The van der Waals surface area contributed by atoms with Gasteiger partial charge < -0.3 is 10.4 Å². The zero-order chi connectivity index (χ0) is 15.5. The molecule has 5 nitrogen and oxygen atoms in total.